The zero-order chi connectivity index (χ0) is 14.8. The molecule has 0 spiro atoms. The fraction of sp³-hybridized carbons (Fsp3) is 1.00. The molecule has 0 saturated heterocycles. The predicted molar refractivity (Wildman–Crippen MR) is 78.7 cm³/mol. The molecule has 1 nitrogen and oxygen atoms in total. The molecule has 2 aliphatic carbocycles. The van der Waals surface area contributed by atoms with Gasteiger partial charge in [-0.3, -0.25) is 0 Å². The average Bonchev–Trinajstić information content (AvgIpc) is 2.87. The Bertz CT molecular complexity index is 319. The van der Waals surface area contributed by atoms with E-state index in [1.165, 1.54) is 19.3 Å². The maximum absolute atomic E-state index is 12.3. The number of fused-ring (bicyclic) bond motifs is 2. The summed E-state index contributed by atoms with van der Waals surface area (Å²) < 4.78 is 37.0. The van der Waals surface area contributed by atoms with Crippen LogP contribution in [0.5, 0.6) is 0 Å². The van der Waals surface area contributed by atoms with Crippen LogP contribution in [-0.4, -0.2) is 24.4 Å². The molecular weight excluding hydrogens is 283 g/mol. The number of rotatable bonds is 7. The third kappa shape index (κ3) is 4.30. The summed E-state index contributed by atoms with van der Waals surface area (Å²) in [6.07, 6.45) is 5.62. The van der Waals surface area contributed by atoms with Crippen LogP contribution >= 0.6 is 11.8 Å². The van der Waals surface area contributed by atoms with Gasteiger partial charge >= 0.3 is 5.51 Å². The van der Waals surface area contributed by atoms with Crippen LogP contribution in [0.4, 0.5) is 13.2 Å². The largest absolute Gasteiger partial charge is 0.441 e. The summed E-state index contributed by atoms with van der Waals surface area (Å²) in [5.41, 5.74) is -3.94. The molecule has 0 aromatic carbocycles. The van der Waals surface area contributed by atoms with E-state index in [-0.39, 0.29) is 22.9 Å². The van der Waals surface area contributed by atoms with Crippen LogP contribution in [-0.2, 0) is 0 Å². The van der Waals surface area contributed by atoms with E-state index in [1.807, 2.05) is 0 Å². The van der Waals surface area contributed by atoms with Gasteiger partial charge in [0.25, 0.3) is 0 Å². The molecule has 0 aromatic heterocycles. The van der Waals surface area contributed by atoms with E-state index in [1.54, 1.807) is 0 Å². The second-order valence-electron chi connectivity index (χ2n) is 7.01. The molecule has 5 heteroatoms. The summed E-state index contributed by atoms with van der Waals surface area (Å²) in [5, 5.41) is 3.51. The fourth-order valence-corrected chi connectivity index (χ4v) is 4.89. The molecule has 2 saturated carbocycles. The van der Waals surface area contributed by atoms with Crippen molar-refractivity contribution < 1.29 is 13.2 Å². The summed E-state index contributed by atoms with van der Waals surface area (Å²) in [6.45, 7) is 6.20. The van der Waals surface area contributed by atoms with Crippen molar-refractivity contribution in [3.63, 3.8) is 0 Å². The highest BCUT2D eigenvalue weighted by Gasteiger charge is 2.50. The molecule has 2 rings (SSSR count). The quantitative estimate of drug-likeness (QED) is 0.732. The molecule has 1 N–H and O–H groups in total. The summed E-state index contributed by atoms with van der Waals surface area (Å²) in [4.78, 5) is 0. The Morgan fingerprint density at radius 1 is 1.30 bits per heavy atom. The molecule has 0 heterocycles. The zero-order valence-corrected chi connectivity index (χ0v) is 13.2. The zero-order valence-electron chi connectivity index (χ0n) is 12.4. The number of thioether (sulfide) groups is 1. The SMILES string of the molecule is CC(C)CNCC1(CCSC(F)(F)F)CC2CCC1C2. The van der Waals surface area contributed by atoms with Crippen LogP contribution in [0.3, 0.4) is 0 Å². The molecule has 0 aliphatic heterocycles. The molecule has 0 radical (unpaired) electrons. The van der Waals surface area contributed by atoms with Gasteiger partial charge in [-0.1, -0.05) is 32.0 Å². The van der Waals surface area contributed by atoms with E-state index in [9.17, 15) is 13.2 Å². The van der Waals surface area contributed by atoms with Crippen LogP contribution in [0.2, 0.25) is 0 Å². The van der Waals surface area contributed by atoms with Gasteiger partial charge in [-0.15, -0.1) is 0 Å². The first-order valence-corrected chi connectivity index (χ1v) is 8.71. The van der Waals surface area contributed by atoms with E-state index < -0.39 is 5.51 Å². The lowest BCUT2D eigenvalue weighted by molar-refractivity contribution is -0.0330. The summed E-state index contributed by atoms with van der Waals surface area (Å²) in [7, 11) is 0. The minimum absolute atomic E-state index is 0.135. The topological polar surface area (TPSA) is 12.0 Å². The highest BCUT2D eigenvalue weighted by molar-refractivity contribution is 8.00. The van der Waals surface area contributed by atoms with Crippen LogP contribution in [0, 0.1) is 23.2 Å². The molecule has 0 aromatic rings. The van der Waals surface area contributed by atoms with Crippen molar-refractivity contribution in [3.05, 3.63) is 0 Å². The van der Waals surface area contributed by atoms with Crippen LogP contribution in [0.15, 0.2) is 0 Å². The van der Waals surface area contributed by atoms with E-state index in [2.05, 4.69) is 19.2 Å². The van der Waals surface area contributed by atoms with E-state index in [4.69, 9.17) is 0 Å². The first kappa shape index (κ1) is 16.5. The summed E-state index contributed by atoms with van der Waals surface area (Å²) in [5.74, 6) is 2.24. The van der Waals surface area contributed by atoms with Gasteiger partial charge < -0.3 is 5.32 Å². The second-order valence-corrected chi connectivity index (χ2v) is 8.17. The number of hydrogen-bond donors (Lipinski definition) is 1. The van der Waals surface area contributed by atoms with Crippen molar-refractivity contribution in [2.75, 3.05) is 18.8 Å². The minimum atomic E-state index is -4.08. The Kier molecular flexibility index (Phi) is 5.33. The minimum Gasteiger partial charge on any atom is -0.316 e. The maximum Gasteiger partial charge on any atom is 0.441 e. The smallest absolute Gasteiger partial charge is 0.316 e. The van der Waals surface area contributed by atoms with Gasteiger partial charge in [0.2, 0.25) is 0 Å². The van der Waals surface area contributed by atoms with Gasteiger partial charge in [0.1, 0.15) is 0 Å². The molecule has 2 bridgehead atoms. The summed E-state index contributed by atoms with van der Waals surface area (Å²) >= 11 is 0.158. The van der Waals surface area contributed by atoms with Gasteiger partial charge in [-0.25, -0.2) is 0 Å². The van der Waals surface area contributed by atoms with Crippen LogP contribution < -0.4 is 5.32 Å². The normalized spacial score (nSPS) is 33.3. The molecule has 2 aliphatic rings. The third-order valence-electron chi connectivity index (χ3n) is 5.00. The van der Waals surface area contributed by atoms with Crippen LogP contribution in [0.1, 0.15) is 46.0 Å². The monoisotopic (exact) mass is 309 g/mol. The highest BCUT2D eigenvalue weighted by atomic mass is 32.2. The lowest BCUT2D eigenvalue weighted by Gasteiger charge is -2.38. The van der Waals surface area contributed by atoms with Crippen molar-refractivity contribution in [3.8, 4) is 0 Å². The Morgan fingerprint density at radius 2 is 2.05 bits per heavy atom. The van der Waals surface area contributed by atoms with Crippen molar-refractivity contribution in [1.82, 2.24) is 5.32 Å². The molecule has 3 unspecified atom stereocenters. The van der Waals surface area contributed by atoms with Gasteiger partial charge in [0.05, 0.1) is 0 Å². The first-order chi connectivity index (χ1) is 9.31. The molecule has 2 fully saturated rings. The molecule has 3 atom stereocenters. The Balaban J connectivity index is 1.88. The average molecular weight is 309 g/mol. The molecular formula is C15H26F3NS. The Labute approximate surface area is 124 Å². The van der Waals surface area contributed by atoms with Crippen molar-refractivity contribution in [2.24, 2.45) is 23.2 Å². The first-order valence-electron chi connectivity index (χ1n) is 7.72. The molecule has 0 amide bonds. The van der Waals surface area contributed by atoms with Crippen molar-refractivity contribution >= 4 is 11.8 Å². The highest BCUT2D eigenvalue weighted by Crippen LogP contribution is 2.57. The van der Waals surface area contributed by atoms with Crippen LogP contribution in [0.25, 0.3) is 0 Å². The lowest BCUT2D eigenvalue weighted by Crippen LogP contribution is -2.40. The fourth-order valence-electron chi connectivity index (χ4n) is 4.15. The Morgan fingerprint density at radius 3 is 2.55 bits per heavy atom. The number of hydrogen-bond acceptors (Lipinski definition) is 2. The summed E-state index contributed by atoms with van der Waals surface area (Å²) in [6, 6.07) is 0. The predicted octanol–water partition coefficient (Wildman–Crippen LogP) is 4.68. The van der Waals surface area contributed by atoms with E-state index in [0.717, 1.165) is 25.4 Å². The third-order valence-corrected chi connectivity index (χ3v) is 5.73. The van der Waals surface area contributed by atoms with E-state index in [0.29, 0.717) is 18.3 Å². The number of nitrogens with one attached hydrogen (secondary N) is 1. The van der Waals surface area contributed by atoms with Gasteiger partial charge in [-0.2, -0.15) is 13.2 Å². The van der Waals surface area contributed by atoms with Gasteiger partial charge in [-0.05, 0) is 55.4 Å². The lowest BCUT2D eigenvalue weighted by atomic mass is 9.71. The molecule has 118 valence electrons. The van der Waals surface area contributed by atoms with Gasteiger partial charge in [0, 0.05) is 12.3 Å². The second kappa shape index (κ2) is 6.47. The molecule has 20 heavy (non-hydrogen) atoms. The number of alkyl halides is 3. The maximum atomic E-state index is 12.3. The standard InChI is InChI=1S/C15H26F3NS/c1-11(2)9-19-10-14(5-6-20-15(16,17)18)8-12-3-4-13(14)7-12/h11-13,19H,3-10H2,1-2H3. The van der Waals surface area contributed by atoms with Crippen molar-refractivity contribution in [2.45, 2.75) is 51.5 Å². The Hall–Kier alpha value is 0.100. The number of halogens is 3. The van der Waals surface area contributed by atoms with Gasteiger partial charge in [0.15, 0.2) is 0 Å². The van der Waals surface area contributed by atoms with Crippen molar-refractivity contribution in [1.29, 1.82) is 0 Å². The van der Waals surface area contributed by atoms with E-state index >= 15 is 0 Å².